The van der Waals surface area contributed by atoms with Crippen LogP contribution in [0.5, 0.6) is 0 Å². The molecule has 0 spiro atoms. The number of hydrogen-bond acceptors (Lipinski definition) is 2. The predicted molar refractivity (Wildman–Crippen MR) is 98.9 cm³/mol. The molecule has 26 heavy (non-hydrogen) atoms. The van der Waals surface area contributed by atoms with Crippen molar-refractivity contribution < 1.29 is 14.7 Å². The Labute approximate surface area is 151 Å². The molecule has 1 aromatic heterocycles. The summed E-state index contributed by atoms with van der Waals surface area (Å²) < 4.78 is 1.83. The number of carboxylic acids is 1. The number of amides is 1. The quantitative estimate of drug-likeness (QED) is 0.769. The number of carbonyl (C=O) groups excluding carboxylic acids is 1. The van der Waals surface area contributed by atoms with Crippen LogP contribution >= 0.6 is 0 Å². The molecular formula is C21H20N2O3. The third-order valence-electron chi connectivity index (χ3n) is 4.98. The SMILES string of the molecule is O=C(O)c1cc2ccccc2n1CC1CC(=O)N(Cc2ccccc2)C1. The van der Waals surface area contributed by atoms with E-state index in [1.54, 1.807) is 6.07 Å². The molecule has 1 N–H and O–H groups in total. The van der Waals surface area contributed by atoms with Gasteiger partial charge in [-0.2, -0.15) is 0 Å². The van der Waals surface area contributed by atoms with Crippen LogP contribution in [0.3, 0.4) is 0 Å². The summed E-state index contributed by atoms with van der Waals surface area (Å²) in [5.74, 6) is -0.695. The molecule has 1 aliphatic rings. The lowest BCUT2D eigenvalue weighted by Gasteiger charge is -2.18. The number of fused-ring (bicyclic) bond motifs is 1. The van der Waals surface area contributed by atoms with E-state index in [2.05, 4.69) is 0 Å². The van der Waals surface area contributed by atoms with Gasteiger partial charge in [0.2, 0.25) is 5.91 Å². The van der Waals surface area contributed by atoms with Gasteiger partial charge in [-0.15, -0.1) is 0 Å². The van der Waals surface area contributed by atoms with Crippen LogP contribution in [0.1, 0.15) is 22.5 Å². The average Bonchev–Trinajstić information content (AvgIpc) is 3.17. The zero-order valence-electron chi connectivity index (χ0n) is 14.3. The molecule has 1 saturated heterocycles. The van der Waals surface area contributed by atoms with E-state index in [0.717, 1.165) is 16.5 Å². The van der Waals surface area contributed by atoms with Crippen molar-refractivity contribution in [1.82, 2.24) is 9.47 Å². The van der Waals surface area contributed by atoms with Crippen LogP contribution in [0.2, 0.25) is 0 Å². The number of carboxylic acid groups (broad SMARTS) is 1. The molecule has 1 aliphatic heterocycles. The topological polar surface area (TPSA) is 62.5 Å². The maximum atomic E-state index is 12.4. The monoisotopic (exact) mass is 348 g/mol. The van der Waals surface area contributed by atoms with E-state index in [1.165, 1.54) is 0 Å². The minimum Gasteiger partial charge on any atom is -0.477 e. The molecule has 0 saturated carbocycles. The summed E-state index contributed by atoms with van der Waals surface area (Å²) in [6.45, 7) is 1.79. The van der Waals surface area contributed by atoms with E-state index in [1.807, 2.05) is 64.1 Å². The summed E-state index contributed by atoms with van der Waals surface area (Å²) in [6, 6.07) is 19.3. The van der Waals surface area contributed by atoms with Crippen molar-refractivity contribution in [3.8, 4) is 0 Å². The van der Waals surface area contributed by atoms with Crippen molar-refractivity contribution in [2.24, 2.45) is 5.92 Å². The second-order valence-corrected chi connectivity index (χ2v) is 6.83. The average molecular weight is 348 g/mol. The molecule has 0 bridgehead atoms. The minimum absolute atomic E-state index is 0.111. The Bertz CT molecular complexity index is 962. The molecule has 5 heteroatoms. The molecule has 5 nitrogen and oxygen atoms in total. The molecule has 0 radical (unpaired) electrons. The molecule has 4 rings (SSSR count). The first-order valence-electron chi connectivity index (χ1n) is 8.75. The van der Waals surface area contributed by atoms with E-state index in [-0.39, 0.29) is 17.5 Å². The number of benzene rings is 2. The van der Waals surface area contributed by atoms with Crippen LogP contribution in [0.4, 0.5) is 0 Å². The van der Waals surface area contributed by atoms with Gasteiger partial charge in [-0.25, -0.2) is 4.79 Å². The lowest BCUT2D eigenvalue weighted by molar-refractivity contribution is -0.128. The van der Waals surface area contributed by atoms with Gasteiger partial charge in [0.25, 0.3) is 0 Å². The van der Waals surface area contributed by atoms with Gasteiger partial charge >= 0.3 is 5.97 Å². The number of nitrogens with zero attached hydrogens (tertiary/aromatic N) is 2. The lowest BCUT2D eigenvalue weighted by atomic mass is 10.1. The smallest absolute Gasteiger partial charge is 0.352 e. The highest BCUT2D eigenvalue weighted by Gasteiger charge is 2.30. The van der Waals surface area contributed by atoms with Crippen LogP contribution in [0.15, 0.2) is 60.7 Å². The number of rotatable bonds is 5. The number of likely N-dealkylation sites (tertiary alicyclic amines) is 1. The Kier molecular flexibility index (Phi) is 4.21. The predicted octanol–water partition coefficient (Wildman–Crippen LogP) is 3.39. The van der Waals surface area contributed by atoms with Crippen LogP contribution in [-0.2, 0) is 17.9 Å². The van der Waals surface area contributed by atoms with Gasteiger partial charge in [0.05, 0.1) is 0 Å². The number of hydrogen-bond donors (Lipinski definition) is 1. The van der Waals surface area contributed by atoms with E-state index < -0.39 is 5.97 Å². The molecule has 1 atom stereocenters. The van der Waals surface area contributed by atoms with Gasteiger partial charge in [0, 0.05) is 42.9 Å². The molecule has 2 heterocycles. The van der Waals surface area contributed by atoms with Crippen LogP contribution in [0.25, 0.3) is 10.9 Å². The first-order chi connectivity index (χ1) is 12.6. The minimum atomic E-state index is -0.938. The molecule has 0 aliphatic carbocycles. The maximum Gasteiger partial charge on any atom is 0.352 e. The van der Waals surface area contributed by atoms with E-state index in [9.17, 15) is 14.7 Å². The summed E-state index contributed by atoms with van der Waals surface area (Å²) >= 11 is 0. The van der Waals surface area contributed by atoms with Gasteiger partial charge in [-0.1, -0.05) is 48.5 Å². The molecule has 1 unspecified atom stereocenters. The van der Waals surface area contributed by atoms with Crippen LogP contribution in [0, 0.1) is 5.92 Å². The Morgan fingerprint density at radius 2 is 1.81 bits per heavy atom. The Morgan fingerprint density at radius 1 is 1.08 bits per heavy atom. The first kappa shape index (κ1) is 16.4. The number of aromatic nitrogens is 1. The zero-order chi connectivity index (χ0) is 18.1. The second-order valence-electron chi connectivity index (χ2n) is 6.83. The number of aromatic carboxylic acids is 1. The van der Waals surface area contributed by atoms with Crippen LogP contribution in [-0.4, -0.2) is 33.0 Å². The van der Waals surface area contributed by atoms with Crippen molar-refractivity contribution in [2.75, 3.05) is 6.54 Å². The maximum absolute atomic E-state index is 12.4. The highest BCUT2D eigenvalue weighted by molar-refractivity contribution is 5.94. The van der Waals surface area contributed by atoms with Gasteiger partial charge in [0.1, 0.15) is 5.69 Å². The van der Waals surface area contributed by atoms with Crippen LogP contribution < -0.4 is 0 Å². The molecule has 132 valence electrons. The third-order valence-corrected chi connectivity index (χ3v) is 4.98. The third kappa shape index (κ3) is 3.08. The van der Waals surface area contributed by atoms with E-state index in [4.69, 9.17) is 0 Å². The largest absolute Gasteiger partial charge is 0.477 e. The zero-order valence-corrected chi connectivity index (χ0v) is 14.3. The normalized spacial score (nSPS) is 17.2. The second kappa shape index (κ2) is 6.67. The van der Waals surface area contributed by atoms with Crippen molar-refractivity contribution in [3.63, 3.8) is 0 Å². The molecule has 1 amide bonds. The highest BCUT2D eigenvalue weighted by atomic mass is 16.4. The van der Waals surface area contributed by atoms with Crippen molar-refractivity contribution >= 4 is 22.8 Å². The molecule has 1 fully saturated rings. The summed E-state index contributed by atoms with van der Waals surface area (Å²) in [5.41, 5.74) is 2.29. The van der Waals surface area contributed by atoms with Gasteiger partial charge < -0.3 is 14.6 Å². The first-order valence-corrected chi connectivity index (χ1v) is 8.75. The Morgan fingerprint density at radius 3 is 2.58 bits per heavy atom. The molecule has 3 aromatic rings. The summed E-state index contributed by atoms with van der Waals surface area (Å²) in [6.07, 6.45) is 0.457. The van der Waals surface area contributed by atoms with Gasteiger partial charge in [-0.3, -0.25) is 4.79 Å². The Hall–Kier alpha value is -3.08. The van der Waals surface area contributed by atoms with Gasteiger partial charge in [-0.05, 0) is 17.7 Å². The Balaban J connectivity index is 1.55. The fourth-order valence-electron chi connectivity index (χ4n) is 3.78. The fourth-order valence-corrected chi connectivity index (χ4v) is 3.78. The number of carbonyl (C=O) groups is 2. The fraction of sp³-hybridized carbons (Fsp3) is 0.238. The van der Waals surface area contributed by atoms with E-state index in [0.29, 0.717) is 26.1 Å². The molecular weight excluding hydrogens is 328 g/mol. The number of para-hydroxylation sites is 1. The summed E-state index contributed by atoms with van der Waals surface area (Å²) in [7, 11) is 0. The highest BCUT2D eigenvalue weighted by Crippen LogP contribution is 2.26. The molecule has 2 aromatic carbocycles. The van der Waals surface area contributed by atoms with Crippen molar-refractivity contribution in [2.45, 2.75) is 19.5 Å². The standard InChI is InChI=1S/C21H20N2O3/c24-20-10-16(13-22(20)12-15-6-2-1-3-7-15)14-23-18-9-5-4-8-17(18)11-19(23)21(25)26/h1-9,11,16H,10,12-14H2,(H,25,26). The van der Waals surface area contributed by atoms with Gasteiger partial charge in [0.15, 0.2) is 0 Å². The summed E-state index contributed by atoms with van der Waals surface area (Å²) in [5, 5.41) is 10.5. The summed E-state index contributed by atoms with van der Waals surface area (Å²) in [4.78, 5) is 25.9. The van der Waals surface area contributed by atoms with Crippen molar-refractivity contribution in [3.05, 3.63) is 71.9 Å². The lowest BCUT2D eigenvalue weighted by Crippen LogP contribution is -2.25. The van der Waals surface area contributed by atoms with E-state index >= 15 is 0 Å². The van der Waals surface area contributed by atoms with Crippen molar-refractivity contribution in [1.29, 1.82) is 0 Å².